The van der Waals surface area contributed by atoms with E-state index >= 15 is 0 Å². The Kier molecular flexibility index (Phi) is 8.77. The van der Waals surface area contributed by atoms with E-state index in [9.17, 15) is 0 Å². The van der Waals surface area contributed by atoms with Crippen LogP contribution in [0.2, 0.25) is 26.2 Å². The number of hydrogen-bond acceptors (Lipinski definition) is 2. The maximum absolute atomic E-state index is 3.99. The van der Waals surface area contributed by atoms with E-state index in [1.165, 1.54) is 11.4 Å². The van der Waals surface area contributed by atoms with Gasteiger partial charge in [0.25, 0.3) is 0 Å². The van der Waals surface area contributed by atoms with Crippen LogP contribution >= 0.6 is 0 Å². The van der Waals surface area contributed by atoms with Gasteiger partial charge >= 0.3 is 253 Å². The summed E-state index contributed by atoms with van der Waals surface area (Å²) in [5.41, 5.74) is 6.17. The summed E-state index contributed by atoms with van der Waals surface area (Å²) < 4.78 is 3.61. The summed E-state index contributed by atoms with van der Waals surface area (Å²) in [4.78, 5) is 7.98. The molecule has 0 saturated carbocycles. The van der Waals surface area contributed by atoms with Gasteiger partial charge in [0.2, 0.25) is 0 Å². The Morgan fingerprint density at radius 2 is 0.897 bits per heavy atom. The van der Waals surface area contributed by atoms with Crippen LogP contribution in [-0.4, -0.2) is 16.5 Å². The van der Waals surface area contributed by atoms with Crippen LogP contribution in [0.5, 0.6) is 0 Å². The van der Waals surface area contributed by atoms with Crippen LogP contribution in [0.25, 0.3) is 0 Å². The molecule has 2 aromatic carbocycles. The van der Waals surface area contributed by atoms with Crippen LogP contribution < -0.4 is 9.96 Å². The number of nitrogens with one attached hydrogen (secondary N) is 2. The molecule has 2 nitrogen and oxygen atoms in total. The number of anilines is 2. The molecule has 0 amide bonds. The zero-order valence-corrected chi connectivity index (χ0v) is 30.3. The van der Waals surface area contributed by atoms with E-state index in [0.717, 1.165) is 12.8 Å². The zero-order chi connectivity index (χ0) is 28.6. The van der Waals surface area contributed by atoms with Crippen molar-refractivity contribution >= 4 is 27.8 Å². The molecule has 39 heavy (non-hydrogen) atoms. The van der Waals surface area contributed by atoms with Crippen molar-refractivity contribution in [3.63, 3.8) is 0 Å². The Bertz CT molecular complexity index is 1220. The van der Waals surface area contributed by atoms with Crippen molar-refractivity contribution in [2.75, 3.05) is 9.96 Å². The summed E-state index contributed by atoms with van der Waals surface area (Å²) in [6.45, 7) is 24.6. The number of rotatable bonds is 8. The minimum absolute atomic E-state index is 0.154. The Balaban J connectivity index is 1.69. The van der Waals surface area contributed by atoms with Gasteiger partial charge in [-0.2, -0.15) is 0 Å². The van der Waals surface area contributed by atoms with Crippen molar-refractivity contribution in [2.45, 2.75) is 80.6 Å². The van der Waals surface area contributed by atoms with Crippen LogP contribution in [0.15, 0.2) is 101 Å². The summed E-state index contributed by atoms with van der Waals surface area (Å²) >= 11 is -0.937. The molecule has 206 valence electrons. The van der Waals surface area contributed by atoms with Crippen molar-refractivity contribution in [2.24, 2.45) is 10.8 Å². The predicted octanol–water partition coefficient (Wildman–Crippen LogP) is 10.0. The van der Waals surface area contributed by atoms with E-state index in [1.54, 1.807) is 28.1 Å². The van der Waals surface area contributed by atoms with E-state index in [0.29, 0.717) is 0 Å². The third-order valence-electron chi connectivity index (χ3n) is 7.77. The van der Waals surface area contributed by atoms with Gasteiger partial charge in [-0.05, 0) is 0 Å². The van der Waals surface area contributed by atoms with Crippen molar-refractivity contribution in [3.05, 3.63) is 101 Å². The quantitative estimate of drug-likeness (QED) is 0.283. The van der Waals surface area contributed by atoms with Crippen molar-refractivity contribution < 1.29 is 23.2 Å². The van der Waals surface area contributed by atoms with Gasteiger partial charge in [-0.15, -0.1) is 0 Å². The second-order valence-electron chi connectivity index (χ2n) is 14.2. The molecule has 2 N–H and O–H groups in total. The number of hydrogen-bond donors (Lipinski definition) is 2. The fourth-order valence-corrected chi connectivity index (χ4v) is 17.5. The van der Waals surface area contributed by atoms with Crippen molar-refractivity contribution in [1.29, 1.82) is 0 Å². The van der Waals surface area contributed by atoms with Gasteiger partial charge in [-0.1, -0.05) is 0 Å². The molecule has 0 fully saturated rings. The summed E-state index contributed by atoms with van der Waals surface area (Å²) in [6.07, 6.45) is 7.52. The van der Waals surface area contributed by atoms with Gasteiger partial charge in [0, 0.05) is 0 Å². The molecule has 2 aromatic rings. The third kappa shape index (κ3) is 6.97. The average molecular weight is 632 g/mol. The Labute approximate surface area is 251 Å². The van der Waals surface area contributed by atoms with E-state index in [1.807, 2.05) is 0 Å². The zero-order valence-electron chi connectivity index (χ0n) is 25.8. The second kappa shape index (κ2) is 11.3. The van der Waals surface area contributed by atoms with Crippen LogP contribution in [-0.2, 0) is 23.2 Å². The van der Waals surface area contributed by atoms with Gasteiger partial charge in [-0.25, -0.2) is 0 Å². The average Bonchev–Trinajstić information content (AvgIpc) is 3.46. The Morgan fingerprint density at radius 3 is 1.21 bits per heavy atom. The molecule has 0 unspecified atom stereocenters. The third-order valence-corrected chi connectivity index (χ3v) is 16.9. The molecule has 2 aliphatic carbocycles. The molecule has 0 spiro atoms. The number of para-hydroxylation sites is 2. The van der Waals surface area contributed by atoms with Crippen LogP contribution in [0, 0.1) is 10.8 Å². The summed E-state index contributed by atoms with van der Waals surface area (Å²) in [6, 6.07) is 21.6. The molecular weight excluding hydrogens is 584 g/mol. The summed E-state index contributed by atoms with van der Waals surface area (Å²) in [7, 11) is -3.75. The fourth-order valence-electron chi connectivity index (χ4n) is 6.30. The standard InChI is InChI=1S/2C17H24NSi.Zr/c2*1-17(2,3)15-12-9-13-16(15)19(4,5)18-14-10-7-6-8-11-14;/h2*6-8,10-11,13,18H,9H2,1-5H3;. The van der Waals surface area contributed by atoms with Crippen molar-refractivity contribution in [3.8, 4) is 0 Å². The minimum atomic E-state index is -1.87. The molecule has 0 heterocycles. The Hall–Kier alpha value is -1.68. The fraction of sp³-hybridized carbons (Fsp3) is 0.412. The van der Waals surface area contributed by atoms with Gasteiger partial charge in [0.05, 0.1) is 0 Å². The molecule has 0 radical (unpaired) electrons. The molecule has 2 aliphatic rings. The van der Waals surface area contributed by atoms with Gasteiger partial charge < -0.3 is 0 Å². The first-order valence-corrected chi connectivity index (χ1v) is 22.9. The number of benzene rings is 2. The first kappa shape index (κ1) is 30.3. The first-order chi connectivity index (χ1) is 18.1. The van der Waals surface area contributed by atoms with Gasteiger partial charge in [0.15, 0.2) is 0 Å². The molecule has 0 saturated heterocycles. The predicted molar refractivity (Wildman–Crippen MR) is 173 cm³/mol. The summed E-state index contributed by atoms with van der Waals surface area (Å²) in [5, 5.41) is 3.28. The second-order valence-corrected chi connectivity index (χ2v) is 25.9. The van der Waals surface area contributed by atoms with Gasteiger partial charge in [0.1, 0.15) is 0 Å². The summed E-state index contributed by atoms with van der Waals surface area (Å²) in [5.74, 6) is 0. The molecule has 5 heteroatoms. The monoisotopic (exact) mass is 630 g/mol. The molecular formula is C34H48N2Si2Zr. The van der Waals surface area contributed by atoms with E-state index in [4.69, 9.17) is 0 Å². The molecule has 0 aliphatic heterocycles. The molecule has 0 bridgehead atoms. The first-order valence-electron chi connectivity index (χ1n) is 14.4. The number of allylic oxidation sites excluding steroid dienone is 8. The van der Waals surface area contributed by atoms with Crippen molar-refractivity contribution in [1.82, 2.24) is 0 Å². The molecule has 4 rings (SSSR count). The SMILES string of the molecule is CC(C)(C)C1=[C]([Zr][C]2=C(C(C)(C)C)C([Si](C)(C)Nc3ccccc3)=CC2)CC=C1[Si](C)(C)Nc1ccccc1. The van der Waals surface area contributed by atoms with E-state index in [2.05, 4.69) is 151 Å². The van der Waals surface area contributed by atoms with E-state index in [-0.39, 0.29) is 10.8 Å². The normalized spacial score (nSPS) is 16.9. The van der Waals surface area contributed by atoms with E-state index < -0.39 is 39.7 Å². The van der Waals surface area contributed by atoms with Crippen LogP contribution in [0.1, 0.15) is 54.4 Å². The Morgan fingerprint density at radius 1 is 0.564 bits per heavy atom. The van der Waals surface area contributed by atoms with Crippen LogP contribution in [0.3, 0.4) is 0 Å². The topological polar surface area (TPSA) is 24.1 Å². The van der Waals surface area contributed by atoms with Gasteiger partial charge in [-0.3, -0.25) is 0 Å². The maximum atomic E-state index is 3.99. The van der Waals surface area contributed by atoms with Crippen LogP contribution in [0.4, 0.5) is 11.4 Å². The molecule has 0 atom stereocenters. The molecule has 0 aromatic heterocycles.